The van der Waals surface area contributed by atoms with Crippen LogP contribution in [0.4, 0.5) is 0 Å². The zero-order valence-electron chi connectivity index (χ0n) is 24.2. The molecule has 2 N–H and O–H groups in total. The van der Waals surface area contributed by atoms with Crippen molar-refractivity contribution in [3.8, 4) is 0 Å². The second kappa shape index (κ2) is 14.6. The number of piperazine rings is 1. The van der Waals surface area contributed by atoms with Crippen LogP contribution in [-0.2, 0) is 20.8 Å². The van der Waals surface area contributed by atoms with Crippen molar-refractivity contribution in [2.24, 2.45) is 11.7 Å². The van der Waals surface area contributed by atoms with E-state index in [0.717, 1.165) is 23.2 Å². The van der Waals surface area contributed by atoms with Crippen LogP contribution in [0.3, 0.4) is 0 Å². The van der Waals surface area contributed by atoms with E-state index in [9.17, 15) is 14.4 Å². The summed E-state index contributed by atoms with van der Waals surface area (Å²) in [7, 11) is 0. The topological polar surface area (TPSA) is 87.0 Å². The van der Waals surface area contributed by atoms with E-state index in [-0.39, 0.29) is 43.3 Å². The lowest BCUT2D eigenvalue weighted by molar-refractivity contribution is -0.143. The minimum absolute atomic E-state index is 0.0200. The van der Waals surface area contributed by atoms with Gasteiger partial charge in [-0.05, 0) is 29.0 Å². The lowest BCUT2D eigenvalue weighted by Crippen LogP contribution is -2.58. The summed E-state index contributed by atoms with van der Waals surface area (Å²) in [5.74, 6) is -0.209. The van der Waals surface area contributed by atoms with Crippen molar-refractivity contribution in [3.05, 3.63) is 108 Å². The summed E-state index contributed by atoms with van der Waals surface area (Å²) < 4.78 is 0. The maximum atomic E-state index is 13.6. The van der Waals surface area contributed by atoms with Crippen molar-refractivity contribution in [1.82, 2.24) is 14.7 Å². The summed E-state index contributed by atoms with van der Waals surface area (Å²) in [6, 6.07) is 30.3. The Morgan fingerprint density at radius 2 is 1.44 bits per heavy atom. The molecule has 1 atom stereocenters. The molecule has 0 bridgehead atoms. The standard InChI is InChI=1S/C34H42N4O3/c1-26(2)21-37-25-34(41)38(23-31(28-14-8-4-9-15-28)29-16-10-5-11-17-29)22-30(37)20-33(40)36(24-32(35)39)19-18-27-12-6-3-7-13-27/h3-17,26,30-31H,18-25H2,1-2H3,(H2,35,39). The number of benzene rings is 3. The third-order valence-corrected chi connectivity index (χ3v) is 7.67. The number of carbonyl (C=O) groups is 3. The van der Waals surface area contributed by atoms with Crippen molar-refractivity contribution >= 4 is 17.7 Å². The van der Waals surface area contributed by atoms with Gasteiger partial charge in [0.05, 0.1) is 13.1 Å². The molecule has 3 aromatic carbocycles. The van der Waals surface area contributed by atoms with Crippen molar-refractivity contribution in [3.63, 3.8) is 0 Å². The van der Waals surface area contributed by atoms with Gasteiger partial charge in [-0.1, -0.05) is 105 Å². The molecule has 4 rings (SSSR count). The molecule has 0 saturated carbocycles. The molecule has 1 fully saturated rings. The lowest BCUT2D eigenvalue weighted by atomic mass is 9.90. The van der Waals surface area contributed by atoms with E-state index < -0.39 is 5.91 Å². The number of hydrogen-bond donors (Lipinski definition) is 1. The van der Waals surface area contributed by atoms with Gasteiger partial charge in [0.2, 0.25) is 17.7 Å². The molecule has 1 unspecified atom stereocenters. The number of rotatable bonds is 13. The van der Waals surface area contributed by atoms with Gasteiger partial charge in [0, 0.05) is 44.6 Å². The van der Waals surface area contributed by atoms with Crippen molar-refractivity contribution in [2.75, 3.05) is 39.3 Å². The Kier molecular flexibility index (Phi) is 10.7. The molecular weight excluding hydrogens is 512 g/mol. The summed E-state index contributed by atoms with van der Waals surface area (Å²) in [6.45, 7) is 6.52. The zero-order valence-corrected chi connectivity index (χ0v) is 24.2. The van der Waals surface area contributed by atoms with Crippen molar-refractivity contribution in [1.29, 1.82) is 0 Å². The Balaban J connectivity index is 1.53. The van der Waals surface area contributed by atoms with Crippen LogP contribution in [0.15, 0.2) is 91.0 Å². The molecule has 1 saturated heterocycles. The zero-order chi connectivity index (χ0) is 29.2. The lowest BCUT2D eigenvalue weighted by Gasteiger charge is -2.43. The number of amides is 3. The first-order chi connectivity index (χ1) is 19.8. The highest BCUT2D eigenvalue weighted by atomic mass is 16.2. The fourth-order valence-corrected chi connectivity index (χ4v) is 5.64. The van der Waals surface area contributed by atoms with Crippen LogP contribution in [0.25, 0.3) is 0 Å². The Morgan fingerprint density at radius 1 is 0.878 bits per heavy atom. The Labute approximate surface area is 243 Å². The van der Waals surface area contributed by atoms with Gasteiger partial charge < -0.3 is 15.5 Å². The summed E-state index contributed by atoms with van der Waals surface area (Å²) >= 11 is 0. The highest BCUT2D eigenvalue weighted by molar-refractivity contribution is 5.85. The van der Waals surface area contributed by atoms with E-state index in [1.165, 1.54) is 0 Å². The molecule has 7 heteroatoms. The van der Waals surface area contributed by atoms with Crippen LogP contribution in [0, 0.1) is 5.92 Å². The largest absolute Gasteiger partial charge is 0.368 e. The van der Waals surface area contributed by atoms with E-state index >= 15 is 0 Å². The first-order valence-electron chi connectivity index (χ1n) is 14.5. The summed E-state index contributed by atoms with van der Waals surface area (Å²) in [5.41, 5.74) is 8.93. The minimum atomic E-state index is -0.528. The molecule has 0 radical (unpaired) electrons. The van der Waals surface area contributed by atoms with Crippen LogP contribution in [0.2, 0.25) is 0 Å². The first-order valence-corrected chi connectivity index (χ1v) is 14.5. The number of nitrogens with two attached hydrogens (primary N) is 1. The highest BCUT2D eigenvalue weighted by Gasteiger charge is 2.36. The van der Waals surface area contributed by atoms with E-state index in [0.29, 0.717) is 32.0 Å². The quantitative estimate of drug-likeness (QED) is 0.347. The van der Waals surface area contributed by atoms with E-state index in [1.54, 1.807) is 4.90 Å². The molecule has 3 aromatic rings. The molecule has 0 spiro atoms. The second-order valence-electron chi connectivity index (χ2n) is 11.4. The van der Waals surface area contributed by atoms with Gasteiger partial charge in [0.15, 0.2) is 0 Å². The maximum Gasteiger partial charge on any atom is 0.237 e. The number of primary amides is 1. The van der Waals surface area contributed by atoms with Crippen molar-refractivity contribution < 1.29 is 14.4 Å². The predicted molar refractivity (Wildman–Crippen MR) is 162 cm³/mol. The molecule has 1 heterocycles. The highest BCUT2D eigenvalue weighted by Crippen LogP contribution is 2.28. The third kappa shape index (κ3) is 8.76. The molecule has 0 aromatic heterocycles. The van der Waals surface area contributed by atoms with Crippen LogP contribution < -0.4 is 5.73 Å². The summed E-state index contributed by atoms with van der Waals surface area (Å²) in [4.78, 5) is 44.6. The number of hydrogen-bond acceptors (Lipinski definition) is 4. The van der Waals surface area contributed by atoms with Gasteiger partial charge in [-0.2, -0.15) is 0 Å². The van der Waals surface area contributed by atoms with Gasteiger partial charge in [0.1, 0.15) is 0 Å². The molecule has 41 heavy (non-hydrogen) atoms. The van der Waals surface area contributed by atoms with Crippen LogP contribution >= 0.6 is 0 Å². The monoisotopic (exact) mass is 554 g/mol. The maximum absolute atomic E-state index is 13.6. The van der Waals surface area contributed by atoms with Crippen LogP contribution in [0.1, 0.15) is 42.9 Å². The van der Waals surface area contributed by atoms with Gasteiger partial charge in [-0.25, -0.2) is 0 Å². The number of carbonyl (C=O) groups excluding carboxylic acids is 3. The molecule has 216 valence electrons. The van der Waals surface area contributed by atoms with Gasteiger partial charge in [-0.15, -0.1) is 0 Å². The predicted octanol–water partition coefficient (Wildman–Crippen LogP) is 3.93. The van der Waals surface area contributed by atoms with Crippen molar-refractivity contribution in [2.45, 2.75) is 38.6 Å². The van der Waals surface area contributed by atoms with E-state index in [4.69, 9.17) is 5.73 Å². The first kappa shape index (κ1) is 30.0. The Morgan fingerprint density at radius 3 is 1.98 bits per heavy atom. The average Bonchev–Trinajstić information content (AvgIpc) is 2.97. The fourth-order valence-electron chi connectivity index (χ4n) is 5.64. The van der Waals surface area contributed by atoms with Gasteiger partial charge >= 0.3 is 0 Å². The molecule has 0 aliphatic carbocycles. The molecule has 1 aliphatic rings. The smallest absolute Gasteiger partial charge is 0.237 e. The molecular formula is C34H42N4O3. The summed E-state index contributed by atoms with van der Waals surface area (Å²) in [6.07, 6.45) is 0.862. The fraction of sp³-hybridized carbons (Fsp3) is 0.382. The Hall–Kier alpha value is -3.97. The second-order valence-corrected chi connectivity index (χ2v) is 11.4. The van der Waals surface area contributed by atoms with Crippen LogP contribution in [0.5, 0.6) is 0 Å². The third-order valence-electron chi connectivity index (χ3n) is 7.67. The van der Waals surface area contributed by atoms with Gasteiger partial charge in [-0.3, -0.25) is 19.3 Å². The SMILES string of the molecule is CC(C)CN1CC(=O)N(CC(c2ccccc2)c2ccccc2)CC1CC(=O)N(CCc1ccccc1)CC(N)=O. The van der Waals surface area contributed by atoms with E-state index in [1.807, 2.05) is 71.6 Å². The molecule has 7 nitrogen and oxygen atoms in total. The number of nitrogens with zero attached hydrogens (tertiary/aromatic N) is 3. The normalized spacial score (nSPS) is 15.9. The van der Waals surface area contributed by atoms with E-state index in [2.05, 4.69) is 43.0 Å². The minimum Gasteiger partial charge on any atom is -0.368 e. The molecule has 1 aliphatic heterocycles. The summed E-state index contributed by atoms with van der Waals surface area (Å²) in [5, 5.41) is 0. The average molecular weight is 555 g/mol. The van der Waals surface area contributed by atoms with Gasteiger partial charge in [0.25, 0.3) is 0 Å². The molecule has 3 amide bonds. The van der Waals surface area contributed by atoms with Crippen LogP contribution in [-0.4, -0.2) is 77.7 Å². The Bertz CT molecular complexity index is 1230.